The summed E-state index contributed by atoms with van der Waals surface area (Å²) < 4.78 is 0. The number of aromatic nitrogens is 2. The van der Waals surface area contributed by atoms with Crippen molar-refractivity contribution in [3.05, 3.63) is 6.07 Å². The number of nitrogens with one attached hydrogen (secondary N) is 1. The summed E-state index contributed by atoms with van der Waals surface area (Å²) in [6, 6.07) is 2.45. The van der Waals surface area contributed by atoms with E-state index in [1.165, 1.54) is 30.6 Å². The lowest BCUT2D eigenvalue weighted by atomic mass is 9.95. The number of nitrogen functional groups attached to an aromatic ring is 1. The van der Waals surface area contributed by atoms with Crippen molar-refractivity contribution < 1.29 is 9.90 Å². The van der Waals surface area contributed by atoms with Crippen molar-refractivity contribution in [1.82, 2.24) is 14.9 Å². The van der Waals surface area contributed by atoms with E-state index in [4.69, 9.17) is 5.73 Å². The first kappa shape index (κ1) is 16.2. The van der Waals surface area contributed by atoms with Gasteiger partial charge in [0.05, 0.1) is 0 Å². The predicted molar refractivity (Wildman–Crippen MR) is 95.7 cm³/mol. The molecule has 8 nitrogen and oxygen atoms in total. The van der Waals surface area contributed by atoms with Crippen LogP contribution in [-0.4, -0.2) is 58.3 Å². The lowest BCUT2D eigenvalue weighted by molar-refractivity contribution is 0.148. The maximum atomic E-state index is 11.2. The maximum Gasteiger partial charge on any atom is 0.407 e. The van der Waals surface area contributed by atoms with Crippen LogP contribution in [0.1, 0.15) is 32.1 Å². The van der Waals surface area contributed by atoms with Gasteiger partial charge in [-0.2, -0.15) is 9.97 Å². The molecule has 25 heavy (non-hydrogen) atoms. The van der Waals surface area contributed by atoms with Gasteiger partial charge in [0.1, 0.15) is 11.6 Å². The molecule has 2 aliphatic carbocycles. The zero-order chi connectivity index (χ0) is 17.4. The van der Waals surface area contributed by atoms with E-state index in [0.29, 0.717) is 25.7 Å². The molecule has 3 aliphatic rings. The Morgan fingerprint density at radius 3 is 2.80 bits per heavy atom. The Hall–Kier alpha value is -2.25. The van der Waals surface area contributed by atoms with Gasteiger partial charge in [0.15, 0.2) is 0 Å². The van der Waals surface area contributed by atoms with Gasteiger partial charge in [0.2, 0.25) is 5.95 Å². The molecule has 1 aromatic rings. The van der Waals surface area contributed by atoms with Crippen molar-refractivity contribution in [2.45, 2.75) is 38.1 Å². The number of carboxylic acid groups (broad SMARTS) is 1. The van der Waals surface area contributed by atoms with E-state index in [1.54, 1.807) is 0 Å². The topological polar surface area (TPSA) is 108 Å². The van der Waals surface area contributed by atoms with Crippen LogP contribution in [0.4, 0.5) is 22.4 Å². The highest BCUT2D eigenvalue weighted by atomic mass is 16.4. The molecule has 0 spiro atoms. The Labute approximate surface area is 147 Å². The molecule has 2 bridgehead atoms. The molecule has 0 unspecified atom stereocenters. The highest BCUT2D eigenvalue weighted by Crippen LogP contribution is 2.45. The molecule has 2 saturated carbocycles. The normalized spacial score (nSPS) is 28.9. The molecule has 1 saturated heterocycles. The number of nitrogens with two attached hydrogens (primary N) is 1. The fourth-order valence-corrected chi connectivity index (χ4v) is 4.64. The zero-order valence-electron chi connectivity index (χ0n) is 14.4. The van der Waals surface area contributed by atoms with Crippen molar-refractivity contribution >= 4 is 23.7 Å². The number of hydrogen-bond donors (Lipinski definition) is 3. The van der Waals surface area contributed by atoms with E-state index >= 15 is 0 Å². The van der Waals surface area contributed by atoms with Crippen LogP contribution in [0.25, 0.3) is 0 Å². The summed E-state index contributed by atoms with van der Waals surface area (Å²) >= 11 is 0. The molecule has 1 amide bonds. The fraction of sp³-hybridized carbons (Fsp3) is 0.706. The van der Waals surface area contributed by atoms with Gasteiger partial charge in [-0.1, -0.05) is 6.42 Å². The summed E-state index contributed by atoms with van der Waals surface area (Å²) in [6.07, 6.45) is 5.16. The molecule has 3 atom stereocenters. The first-order valence-corrected chi connectivity index (χ1v) is 9.22. The minimum atomic E-state index is -0.859. The first-order valence-electron chi connectivity index (χ1n) is 9.22. The van der Waals surface area contributed by atoms with Gasteiger partial charge in [0.25, 0.3) is 0 Å². The van der Waals surface area contributed by atoms with Crippen LogP contribution in [0, 0.1) is 11.8 Å². The van der Waals surface area contributed by atoms with Gasteiger partial charge >= 0.3 is 6.09 Å². The fourth-order valence-electron chi connectivity index (χ4n) is 4.64. The number of rotatable bonds is 3. The molecule has 8 heteroatoms. The zero-order valence-corrected chi connectivity index (χ0v) is 14.4. The Balaban J connectivity index is 1.46. The third-order valence-electron chi connectivity index (χ3n) is 5.89. The number of hydrogen-bond acceptors (Lipinski definition) is 6. The second-order valence-corrected chi connectivity index (χ2v) is 7.51. The number of carbonyl (C=O) groups is 1. The molecule has 0 radical (unpaired) electrons. The molecule has 1 aromatic heterocycles. The van der Waals surface area contributed by atoms with Crippen LogP contribution >= 0.6 is 0 Å². The van der Waals surface area contributed by atoms with E-state index < -0.39 is 6.09 Å². The van der Waals surface area contributed by atoms with Crippen LogP contribution in [0.2, 0.25) is 0 Å². The van der Waals surface area contributed by atoms with E-state index in [0.717, 1.165) is 36.4 Å². The number of nitrogens with zero attached hydrogens (tertiary/aromatic N) is 4. The summed E-state index contributed by atoms with van der Waals surface area (Å²) in [5, 5.41) is 12.7. The Bertz CT molecular complexity index is 654. The van der Waals surface area contributed by atoms with Gasteiger partial charge < -0.3 is 26.0 Å². The molecule has 136 valence electrons. The molecule has 3 fully saturated rings. The van der Waals surface area contributed by atoms with Gasteiger partial charge in [-0.3, -0.25) is 0 Å². The largest absolute Gasteiger partial charge is 0.465 e. The monoisotopic (exact) mass is 346 g/mol. The van der Waals surface area contributed by atoms with Crippen molar-refractivity contribution in [3.8, 4) is 0 Å². The quantitative estimate of drug-likeness (QED) is 0.766. The Kier molecular flexibility index (Phi) is 4.27. The Morgan fingerprint density at radius 1 is 1.20 bits per heavy atom. The minimum absolute atomic E-state index is 0.266. The average Bonchev–Trinajstić information content (AvgIpc) is 3.08. The molecule has 4 rings (SSSR count). The molecular formula is C17H26N6O2. The third kappa shape index (κ3) is 3.43. The maximum absolute atomic E-state index is 11.2. The highest BCUT2D eigenvalue weighted by Gasteiger charge is 2.39. The lowest BCUT2D eigenvalue weighted by Gasteiger charge is -2.25. The smallest absolute Gasteiger partial charge is 0.407 e. The van der Waals surface area contributed by atoms with Crippen molar-refractivity contribution in [2.24, 2.45) is 11.8 Å². The van der Waals surface area contributed by atoms with Crippen molar-refractivity contribution in [3.63, 3.8) is 0 Å². The van der Waals surface area contributed by atoms with Crippen LogP contribution in [-0.2, 0) is 0 Å². The van der Waals surface area contributed by atoms with Gasteiger partial charge in [0, 0.05) is 38.3 Å². The first-order chi connectivity index (χ1) is 12.1. The number of amides is 1. The summed E-state index contributed by atoms with van der Waals surface area (Å²) in [4.78, 5) is 23.5. The molecule has 1 aliphatic heterocycles. The molecular weight excluding hydrogens is 320 g/mol. The second-order valence-electron chi connectivity index (χ2n) is 7.51. The van der Waals surface area contributed by atoms with Crippen LogP contribution < -0.4 is 16.0 Å². The Morgan fingerprint density at radius 2 is 2.08 bits per heavy atom. The van der Waals surface area contributed by atoms with E-state index in [1.807, 2.05) is 6.07 Å². The SMILES string of the molecule is Nc1nc(N[C@@H]2C[C@H]3CC[C@@H]2C3)cc(N2CCCN(C(=O)O)CC2)n1. The summed E-state index contributed by atoms with van der Waals surface area (Å²) in [6.45, 7) is 2.43. The van der Waals surface area contributed by atoms with E-state index in [9.17, 15) is 9.90 Å². The van der Waals surface area contributed by atoms with Gasteiger partial charge in [-0.15, -0.1) is 0 Å². The van der Waals surface area contributed by atoms with Crippen LogP contribution in [0.5, 0.6) is 0 Å². The number of fused-ring (bicyclic) bond motifs is 2. The minimum Gasteiger partial charge on any atom is -0.465 e. The van der Waals surface area contributed by atoms with E-state index in [-0.39, 0.29) is 5.95 Å². The predicted octanol–water partition coefficient (Wildman–Crippen LogP) is 1.85. The van der Waals surface area contributed by atoms with Gasteiger partial charge in [-0.05, 0) is 37.5 Å². The summed E-state index contributed by atoms with van der Waals surface area (Å²) in [5.41, 5.74) is 5.94. The lowest BCUT2D eigenvalue weighted by Crippen LogP contribution is -2.34. The van der Waals surface area contributed by atoms with Gasteiger partial charge in [-0.25, -0.2) is 4.79 Å². The van der Waals surface area contributed by atoms with E-state index in [2.05, 4.69) is 20.2 Å². The van der Waals surface area contributed by atoms with Crippen LogP contribution in [0.3, 0.4) is 0 Å². The molecule has 2 heterocycles. The van der Waals surface area contributed by atoms with Crippen molar-refractivity contribution in [1.29, 1.82) is 0 Å². The summed E-state index contributed by atoms with van der Waals surface area (Å²) in [5.74, 6) is 3.47. The third-order valence-corrected chi connectivity index (χ3v) is 5.89. The average molecular weight is 346 g/mol. The number of anilines is 3. The highest BCUT2D eigenvalue weighted by molar-refractivity contribution is 5.65. The molecule has 0 aromatic carbocycles. The van der Waals surface area contributed by atoms with Crippen molar-refractivity contribution in [2.75, 3.05) is 42.1 Å². The summed E-state index contributed by atoms with van der Waals surface area (Å²) in [7, 11) is 0. The molecule has 4 N–H and O–H groups in total. The standard InChI is InChI=1S/C17H26N6O2/c18-16-20-14(19-13-9-11-2-3-12(13)8-11)10-15(21-16)22-4-1-5-23(7-6-22)17(24)25/h10-13H,1-9H2,(H,24,25)(H3,18,19,20,21)/t11-,12+,13+/m0/s1. The second kappa shape index (κ2) is 6.57. The van der Waals surface area contributed by atoms with Crippen LogP contribution in [0.15, 0.2) is 6.07 Å².